The molecule has 1 aliphatic rings. The van der Waals surface area contributed by atoms with E-state index in [-0.39, 0.29) is 30.2 Å². The third kappa shape index (κ3) is 2.80. The van der Waals surface area contributed by atoms with E-state index < -0.39 is 4.92 Å². The maximum atomic E-state index is 12.5. The Labute approximate surface area is 117 Å². The zero-order chi connectivity index (χ0) is 14.7. The van der Waals surface area contributed by atoms with Crippen molar-refractivity contribution in [1.82, 2.24) is 4.90 Å². The lowest BCUT2D eigenvalue weighted by Gasteiger charge is -2.39. The highest BCUT2D eigenvalue weighted by atomic mass is 16.6. The molecule has 1 aromatic carbocycles. The topological polar surface area (TPSA) is 83.7 Å². The van der Waals surface area contributed by atoms with Crippen LogP contribution in [0.5, 0.6) is 0 Å². The zero-order valence-corrected chi connectivity index (χ0v) is 11.4. The van der Waals surface area contributed by atoms with E-state index in [9.17, 15) is 20.0 Å². The molecule has 1 fully saturated rings. The molecular formula is C14H18N2O4. The highest BCUT2D eigenvalue weighted by molar-refractivity contribution is 5.95. The molecular weight excluding hydrogens is 260 g/mol. The molecule has 2 rings (SSSR count). The number of benzene rings is 1. The van der Waals surface area contributed by atoms with Crippen molar-refractivity contribution in [3.05, 3.63) is 39.9 Å². The van der Waals surface area contributed by atoms with Gasteiger partial charge in [0.2, 0.25) is 0 Å². The average molecular weight is 278 g/mol. The van der Waals surface area contributed by atoms with Gasteiger partial charge in [0.15, 0.2) is 0 Å². The molecule has 1 saturated heterocycles. The van der Waals surface area contributed by atoms with Crippen molar-refractivity contribution < 1.29 is 14.8 Å². The van der Waals surface area contributed by atoms with E-state index in [0.29, 0.717) is 12.1 Å². The van der Waals surface area contributed by atoms with Gasteiger partial charge in [-0.1, -0.05) is 13.0 Å². The number of piperidine rings is 1. The molecule has 2 unspecified atom stereocenters. The van der Waals surface area contributed by atoms with E-state index >= 15 is 0 Å². The Morgan fingerprint density at radius 2 is 2.30 bits per heavy atom. The second-order valence-corrected chi connectivity index (χ2v) is 5.18. The number of nitro groups is 1. The molecule has 6 nitrogen and oxygen atoms in total. The number of nitro benzene ring substituents is 1. The van der Waals surface area contributed by atoms with Crippen LogP contribution in [-0.2, 0) is 0 Å². The normalized spacial score (nSPS) is 22.6. The fourth-order valence-corrected chi connectivity index (χ4v) is 2.70. The lowest BCUT2D eigenvalue weighted by atomic mass is 9.90. The van der Waals surface area contributed by atoms with E-state index in [0.717, 1.165) is 12.8 Å². The predicted octanol–water partition coefficient (Wildman–Crippen LogP) is 1.83. The minimum absolute atomic E-state index is 0.0815. The van der Waals surface area contributed by atoms with Crippen LogP contribution in [0, 0.1) is 16.0 Å². The maximum Gasteiger partial charge on any atom is 0.270 e. The summed E-state index contributed by atoms with van der Waals surface area (Å²) in [6.45, 7) is 2.51. The molecule has 2 atom stereocenters. The van der Waals surface area contributed by atoms with Crippen LogP contribution >= 0.6 is 0 Å². The summed E-state index contributed by atoms with van der Waals surface area (Å²) in [4.78, 5) is 24.4. The van der Waals surface area contributed by atoms with E-state index in [1.807, 2.05) is 6.92 Å². The number of rotatable bonds is 3. The molecule has 108 valence electrons. The lowest BCUT2D eigenvalue weighted by Crippen LogP contribution is -2.49. The second kappa shape index (κ2) is 6.00. The molecule has 0 aliphatic carbocycles. The van der Waals surface area contributed by atoms with Crippen LogP contribution in [0.25, 0.3) is 0 Å². The summed E-state index contributed by atoms with van der Waals surface area (Å²) in [6, 6.07) is 5.51. The van der Waals surface area contributed by atoms with Crippen molar-refractivity contribution in [2.24, 2.45) is 5.92 Å². The van der Waals surface area contributed by atoms with E-state index in [4.69, 9.17) is 0 Å². The van der Waals surface area contributed by atoms with Crippen molar-refractivity contribution >= 4 is 11.6 Å². The number of non-ortho nitro benzene ring substituents is 1. The quantitative estimate of drug-likeness (QED) is 0.675. The minimum Gasteiger partial charge on any atom is -0.394 e. The molecule has 1 amide bonds. The summed E-state index contributed by atoms with van der Waals surface area (Å²) in [6.07, 6.45) is 1.86. The monoisotopic (exact) mass is 278 g/mol. The third-order valence-electron chi connectivity index (χ3n) is 3.87. The number of hydrogen-bond acceptors (Lipinski definition) is 4. The van der Waals surface area contributed by atoms with Gasteiger partial charge in [-0.15, -0.1) is 0 Å². The van der Waals surface area contributed by atoms with Crippen LogP contribution in [0.4, 0.5) is 5.69 Å². The predicted molar refractivity (Wildman–Crippen MR) is 73.4 cm³/mol. The fourth-order valence-electron chi connectivity index (χ4n) is 2.70. The zero-order valence-electron chi connectivity index (χ0n) is 11.4. The number of carbonyl (C=O) groups is 1. The molecule has 0 aromatic heterocycles. The van der Waals surface area contributed by atoms with E-state index in [2.05, 4.69) is 0 Å². The summed E-state index contributed by atoms with van der Waals surface area (Å²) in [5, 5.41) is 20.2. The summed E-state index contributed by atoms with van der Waals surface area (Å²) in [7, 11) is 0. The van der Waals surface area contributed by atoms with Gasteiger partial charge in [-0.2, -0.15) is 0 Å². The fraction of sp³-hybridized carbons (Fsp3) is 0.500. The maximum absolute atomic E-state index is 12.5. The summed E-state index contributed by atoms with van der Waals surface area (Å²) in [5.41, 5.74) is 0.202. The standard InChI is InChI=1S/C14H18N2O4/c1-10-4-3-7-15(13(10)9-17)14(18)11-5-2-6-12(8-11)16(19)20/h2,5-6,8,10,13,17H,3-4,7,9H2,1H3. The largest absolute Gasteiger partial charge is 0.394 e. The third-order valence-corrected chi connectivity index (χ3v) is 3.87. The van der Waals surface area contributed by atoms with Crippen LogP contribution in [-0.4, -0.2) is 40.0 Å². The molecule has 0 spiro atoms. The van der Waals surface area contributed by atoms with Gasteiger partial charge in [0.05, 0.1) is 17.6 Å². The summed E-state index contributed by atoms with van der Waals surface area (Å²) in [5.74, 6) is -0.0179. The highest BCUT2D eigenvalue weighted by Gasteiger charge is 2.32. The van der Waals surface area contributed by atoms with Gasteiger partial charge >= 0.3 is 0 Å². The van der Waals surface area contributed by atoms with Gasteiger partial charge in [0.1, 0.15) is 0 Å². The van der Waals surface area contributed by atoms with Gasteiger partial charge in [0, 0.05) is 24.2 Å². The average Bonchev–Trinajstić information content (AvgIpc) is 2.46. The van der Waals surface area contributed by atoms with Crippen LogP contribution in [0.1, 0.15) is 30.1 Å². The number of likely N-dealkylation sites (tertiary alicyclic amines) is 1. The van der Waals surface area contributed by atoms with Gasteiger partial charge in [-0.25, -0.2) is 0 Å². The van der Waals surface area contributed by atoms with Crippen molar-refractivity contribution in [3.8, 4) is 0 Å². The molecule has 0 bridgehead atoms. The Kier molecular flexibility index (Phi) is 4.34. The Morgan fingerprint density at radius 3 is 2.95 bits per heavy atom. The molecule has 1 aliphatic heterocycles. The van der Waals surface area contributed by atoms with Crippen molar-refractivity contribution in [2.45, 2.75) is 25.8 Å². The van der Waals surface area contributed by atoms with Crippen LogP contribution in [0.2, 0.25) is 0 Å². The Balaban J connectivity index is 2.25. The molecule has 0 radical (unpaired) electrons. The van der Waals surface area contributed by atoms with Crippen LogP contribution < -0.4 is 0 Å². The number of aliphatic hydroxyl groups excluding tert-OH is 1. The molecule has 1 heterocycles. The van der Waals surface area contributed by atoms with E-state index in [1.165, 1.54) is 18.2 Å². The van der Waals surface area contributed by atoms with Gasteiger partial charge in [-0.05, 0) is 24.8 Å². The van der Waals surface area contributed by atoms with Gasteiger partial charge in [-0.3, -0.25) is 14.9 Å². The highest BCUT2D eigenvalue weighted by Crippen LogP contribution is 2.25. The Morgan fingerprint density at radius 1 is 1.55 bits per heavy atom. The number of nitrogens with zero attached hydrogens (tertiary/aromatic N) is 2. The Hall–Kier alpha value is -1.95. The molecule has 1 aromatic rings. The number of hydrogen-bond donors (Lipinski definition) is 1. The first-order chi connectivity index (χ1) is 9.54. The smallest absolute Gasteiger partial charge is 0.270 e. The van der Waals surface area contributed by atoms with Crippen molar-refractivity contribution in [3.63, 3.8) is 0 Å². The first-order valence-electron chi connectivity index (χ1n) is 6.71. The number of aliphatic hydroxyl groups is 1. The molecule has 20 heavy (non-hydrogen) atoms. The van der Waals surface area contributed by atoms with Gasteiger partial charge in [0.25, 0.3) is 11.6 Å². The SMILES string of the molecule is CC1CCCN(C(=O)c2cccc([N+](=O)[O-])c2)C1CO. The van der Waals surface area contributed by atoms with Gasteiger partial charge < -0.3 is 10.0 Å². The van der Waals surface area contributed by atoms with E-state index in [1.54, 1.807) is 11.0 Å². The minimum atomic E-state index is -0.515. The molecule has 6 heteroatoms. The Bertz CT molecular complexity index is 518. The first-order valence-corrected chi connectivity index (χ1v) is 6.71. The summed E-state index contributed by atoms with van der Waals surface area (Å²) >= 11 is 0. The van der Waals surface area contributed by atoms with Crippen LogP contribution in [0.15, 0.2) is 24.3 Å². The molecule has 1 N–H and O–H groups in total. The van der Waals surface area contributed by atoms with Crippen molar-refractivity contribution in [2.75, 3.05) is 13.2 Å². The van der Waals surface area contributed by atoms with Crippen LogP contribution in [0.3, 0.4) is 0 Å². The van der Waals surface area contributed by atoms with Crippen molar-refractivity contribution in [1.29, 1.82) is 0 Å². The first kappa shape index (κ1) is 14.5. The summed E-state index contributed by atoms with van der Waals surface area (Å²) < 4.78 is 0. The lowest BCUT2D eigenvalue weighted by molar-refractivity contribution is -0.384. The second-order valence-electron chi connectivity index (χ2n) is 5.18. The molecule has 0 saturated carbocycles. The number of carbonyl (C=O) groups excluding carboxylic acids is 1. The number of amides is 1.